The molecule has 0 aliphatic heterocycles. The fourth-order valence-electron chi connectivity index (χ4n) is 2.61. The highest BCUT2D eigenvalue weighted by Gasteiger charge is 2.21. The van der Waals surface area contributed by atoms with Crippen molar-refractivity contribution in [2.75, 3.05) is 12.4 Å². The van der Waals surface area contributed by atoms with Crippen molar-refractivity contribution in [1.82, 2.24) is 10.2 Å². The standard InChI is InChI=1S/C16H19ClN2O2S/c17-13-6-8-14(9-7-13)20-10-11-22-16-19-18-15(21-16)12-4-2-1-3-5-12/h6-9,12H,1-5,10-11H2. The highest BCUT2D eigenvalue weighted by molar-refractivity contribution is 7.99. The third-order valence-electron chi connectivity index (χ3n) is 3.77. The summed E-state index contributed by atoms with van der Waals surface area (Å²) in [4.78, 5) is 0. The Bertz CT molecular complexity index is 582. The van der Waals surface area contributed by atoms with Crippen LogP contribution in [0.5, 0.6) is 5.75 Å². The normalized spacial score (nSPS) is 15.9. The van der Waals surface area contributed by atoms with Gasteiger partial charge in [0.05, 0.1) is 6.61 Å². The van der Waals surface area contributed by atoms with Gasteiger partial charge < -0.3 is 9.15 Å². The molecule has 1 aliphatic carbocycles. The van der Waals surface area contributed by atoms with Crippen LogP contribution in [-0.2, 0) is 0 Å². The van der Waals surface area contributed by atoms with Crippen molar-refractivity contribution < 1.29 is 9.15 Å². The van der Waals surface area contributed by atoms with Crippen LogP contribution in [0.1, 0.15) is 43.9 Å². The highest BCUT2D eigenvalue weighted by atomic mass is 35.5. The fourth-order valence-corrected chi connectivity index (χ4v) is 3.32. The number of ether oxygens (including phenoxy) is 1. The molecule has 1 aromatic carbocycles. The van der Waals surface area contributed by atoms with E-state index in [1.54, 1.807) is 0 Å². The minimum absolute atomic E-state index is 0.459. The molecular weight excluding hydrogens is 320 g/mol. The van der Waals surface area contributed by atoms with Crippen molar-refractivity contribution in [3.05, 3.63) is 35.2 Å². The summed E-state index contributed by atoms with van der Waals surface area (Å²) < 4.78 is 11.4. The maximum atomic E-state index is 5.83. The van der Waals surface area contributed by atoms with Gasteiger partial charge in [-0.25, -0.2) is 0 Å². The van der Waals surface area contributed by atoms with E-state index in [0.717, 1.165) is 17.4 Å². The van der Waals surface area contributed by atoms with E-state index in [1.165, 1.54) is 43.9 Å². The van der Waals surface area contributed by atoms with Gasteiger partial charge in [-0.2, -0.15) is 0 Å². The summed E-state index contributed by atoms with van der Waals surface area (Å²) in [6.45, 7) is 0.591. The molecule has 118 valence electrons. The van der Waals surface area contributed by atoms with Crippen molar-refractivity contribution in [1.29, 1.82) is 0 Å². The molecule has 0 bridgehead atoms. The molecule has 22 heavy (non-hydrogen) atoms. The van der Waals surface area contributed by atoms with Gasteiger partial charge in [0.1, 0.15) is 5.75 Å². The number of benzene rings is 1. The minimum Gasteiger partial charge on any atom is -0.493 e. The van der Waals surface area contributed by atoms with E-state index in [4.69, 9.17) is 20.8 Å². The van der Waals surface area contributed by atoms with Crippen molar-refractivity contribution in [3.8, 4) is 5.75 Å². The molecule has 1 aromatic heterocycles. The van der Waals surface area contributed by atoms with E-state index < -0.39 is 0 Å². The molecule has 0 radical (unpaired) electrons. The van der Waals surface area contributed by atoms with Gasteiger partial charge in [-0.15, -0.1) is 10.2 Å². The Morgan fingerprint density at radius 3 is 2.68 bits per heavy atom. The smallest absolute Gasteiger partial charge is 0.276 e. The van der Waals surface area contributed by atoms with Crippen LogP contribution in [-0.4, -0.2) is 22.6 Å². The molecule has 1 heterocycles. The Morgan fingerprint density at radius 1 is 1.14 bits per heavy atom. The average Bonchev–Trinajstić information content (AvgIpc) is 3.03. The summed E-state index contributed by atoms with van der Waals surface area (Å²) in [5.41, 5.74) is 0. The van der Waals surface area contributed by atoms with Crippen molar-refractivity contribution >= 4 is 23.4 Å². The molecule has 6 heteroatoms. The zero-order chi connectivity index (χ0) is 15.2. The first-order valence-electron chi connectivity index (χ1n) is 7.66. The lowest BCUT2D eigenvalue weighted by atomic mass is 9.89. The average molecular weight is 339 g/mol. The molecule has 0 atom stereocenters. The van der Waals surface area contributed by atoms with Crippen LogP contribution in [0.4, 0.5) is 0 Å². The number of halogens is 1. The Morgan fingerprint density at radius 2 is 1.91 bits per heavy atom. The summed E-state index contributed by atoms with van der Waals surface area (Å²) >= 11 is 7.37. The quantitative estimate of drug-likeness (QED) is 0.551. The van der Waals surface area contributed by atoms with Crippen LogP contribution in [0.15, 0.2) is 33.9 Å². The van der Waals surface area contributed by atoms with E-state index >= 15 is 0 Å². The molecule has 0 saturated heterocycles. The Kier molecular flexibility index (Phi) is 5.62. The fraction of sp³-hybridized carbons (Fsp3) is 0.500. The maximum Gasteiger partial charge on any atom is 0.276 e. The molecule has 0 spiro atoms. The van der Waals surface area contributed by atoms with E-state index in [0.29, 0.717) is 22.8 Å². The van der Waals surface area contributed by atoms with Crippen LogP contribution >= 0.6 is 23.4 Å². The van der Waals surface area contributed by atoms with Gasteiger partial charge in [0, 0.05) is 16.7 Å². The van der Waals surface area contributed by atoms with Gasteiger partial charge in [-0.05, 0) is 37.1 Å². The van der Waals surface area contributed by atoms with Crippen molar-refractivity contribution in [2.45, 2.75) is 43.2 Å². The van der Waals surface area contributed by atoms with Gasteiger partial charge in [-0.1, -0.05) is 42.6 Å². The minimum atomic E-state index is 0.459. The summed E-state index contributed by atoms with van der Waals surface area (Å²) in [6, 6.07) is 7.36. The largest absolute Gasteiger partial charge is 0.493 e. The van der Waals surface area contributed by atoms with Crippen LogP contribution < -0.4 is 4.74 Å². The molecule has 1 fully saturated rings. The number of rotatable bonds is 6. The van der Waals surface area contributed by atoms with Gasteiger partial charge in [0.15, 0.2) is 0 Å². The van der Waals surface area contributed by atoms with Crippen molar-refractivity contribution in [2.24, 2.45) is 0 Å². The molecule has 3 rings (SSSR count). The van der Waals surface area contributed by atoms with Crippen molar-refractivity contribution in [3.63, 3.8) is 0 Å². The second-order valence-electron chi connectivity index (χ2n) is 5.39. The molecule has 1 saturated carbocycles. The summed E-state index contributed by atoms with van der Waals surface area (Å²) in [6.07, 6.45) is 6.21. The van der Waals surface area contributed by atoms with Gasteiger partial charge in [-0.3, -0.25) is 0 Å². The molecule has 0 amide bonds. The summed E-state index contributed by atoms with van der Waals surface area (Å²) in [5.74, 6) is 2.86. The number of thioether (sulfide) groups is 1. The van der Waals surface area contributed by atoms with E-state index in [1.807, 2.05) is 24.3 Å². The number of hydrogen-bond donors (Lipinski definition) is 0. The molecular formula is C16H19ClN2O2S. The van der Waals surface area contributed by atoms with Crippen LogP contribution in [0, 0.1) is 0 Å². The van der Waals surface area contributed by atoms with Gasteiger partial charge in [0.2, 0.25) is 5.89 Å². The third-order valence-corrected chi connectivity index (χ3v) is 4.80. The van der Waals surface area contributed by atoms with Gasteiger partial charge in [0.25, 0.3) is 5.22 Å². The van der Waals surface area contributed by atoms with Crippen LogP contribution in [0.25, 0.3) is 0 Å². The third kappa shape index (κ3) is 4.40. The summed E-state index contributed by atoms with van der Waals surface area (Å²) in [7, 11) is 0. The van der Waals surface area contributed by atoms with Gasteiger partial charge >= 0.3 is 0 Å². The first-order chi connectivity index (χ1) is 10.8. The lowest BCUT2D eigenvalue weighted by molar-refractivity contribution is 0.331. The van der Waals surface area contributed by atoms with E-state index in [2.05, 4.69) is 10.2 Å². The highest BCUT2D eigenvalue weighted by Crippen LogP contribution is 2.32. The van der Waals surface area contributed by atoms with E-state index in [-0.39, 0.29) is 0 Å². The Hall–Kier alpha value is -1.20. The van der Waals surface area contributed by atoms with Crippen LogP contribution in [0.2, 0.25) is 5.02 Å². The van der Waals surface area contributed by atoms with E-state index in [9.17, 15) is 0 Å². The lowest BCUT2D eigenvalue weighted by Crippen LogP contribution is -2.04. The first kappa shape index (κ1) is 15.7. The Balaban J connectivity index is 1.42. The Labute approximate surface area is 139 Å². The second-order valence-corrected chi connectivity index (χ2v) is 6.87. The lowest BCUT2D eigenvalue weighted by Gasteiger charge is -2.17. The second kappa shape index (κ2) is 7.88. The monoisotopic (exact) mass is 338 g/mol. The molecule has 0 unspecified atom stereocenters. The predicted octanol–water partition coefficient (Wildman–Crippen LogP) is 4.94. The zero-order valence-electron chi connectivity index (χ0n) is 12.3. The molecule has 2 aromatic rings. The molecule has 0 N–H and O–H groups in total. The zero-order valence-corrected chi connectivity index (χ0v) is 13.9. The SMILES string of the molecule is Clc1ccc(OCCSc2nnc(C3CCCCC3)o2)cc1. The predicted molar refractivity (Wildman–Crippen MR) is 87.8 cm³/mol. The molecule has 4 nitrogen and oxygen atoms in total. The topological polar surface area (TPSA) is 48.2 Å². The number of aromatic nitrogens is 2. The maximum absolute atomic E-state index is 5.83. The first-order valence-corrected chi connectivity index (χ1v) is 9.02. The van der Waals surface area contributed by atoms with Crippen LogP contribution in [0.3, 0.4) is 0 Å². The summed E-state index contributed by atoms with van der Waals surface area (Å²) in [5, 5.41) is 9.66. The number of nitrogens with zero attached hydrogens (tertiary/aromatic N) is 2. The molecule has 1 aliphatic rings. The number of hydrogen-bond acceptors (Lipinski definition) is 5.